The summed E-state index contributed by atoms with van der Waals surface area (Å²) in [4.78, 5) is 30.5. The van der Waals surface area contributed by atoms with E-state index < -0.39 is 17.9 Å². The Hall–Kier alpha value is 0.760. The third-order valence-electron chi connectivity index (χ3n) is 5.85. The number of carboxylic acids is 3. The first-order chi connectivity index (χ1) is 16.3. The van der Waals surface area contributed by atoms with Gasteiger partial charge in [-0.15, -0.1) is 0 Å². The normalized spacial score (nSPS) is 10.3. The van der Waals surface area contributed by atoms with Gasteiger partial charge in [0.1, 0.15) is 0 Å². The molecule has 0 radical (unpaired) electrons. The number of carboxylic acid groups (broad SMARTS) is 3. The van der Waals surface area contributed by atoms with E-state index in [1.54, 1.807) is 0 Å². The van der Waals surface area contributed by atoms with Gasteiger partial charge in [0.2, 0.25) is 0 Å². The van der Waals surface area contributed by atoms with Crippen molar-refractivity contribution in [1.29, 1.82) is 0 Å². The number of aliphatic hydroxyl groups excluding tert-OH is 1. The molecule has 0 heterocycles. The molecule has 1 atom stereocenters. The SMILES string of the molecule is CCCCCCC(O)CCCCCCCCCCC(=O)O.O=C(O)CCCCCCCC(=O)O.[LiH].[LiH].[LiH].[LiH]. The molecule has 0 aromatic rings. The Kier molecular flexibility index (Phi) is 57.2. The zero-order chi connectivity index (χ0) is 25.9. The molecule has 0 aromatic carbocycles. The molecule has 0 bridgehead atoms. The predicted molar refractivity (Wildman–Crippen MR) is 165 cm³/mol. The van der Waals surface area contributed by atoms with Crippen LogP contribution in [0.15, 0.2) is 0 Å². The van der Waals surface area contributed by atoms with Crippen LogP contribution in [0, 0.1) is 0 Å². The molecule has 0 aliphatic carbocycles. The number of aliphatic hydroxyl groups is 1. The average molecular weight is 521 g/mol. The molecule has 0 aliphatic heterocycles. The van der Waals surface area contributed by atoms with Crippen molar-refractivity contribution in [2.75, 3.05) is 0 Å². The Morgan fingerprint density at radius 3 is 0.947 bits per heavy atom. The topological polar surface area (TPSA) is 132 Å². The maximum atomic E-state index is 10.3. The van der Waals surface area contributed by atoms with Crippen LogP contribution in [-0.2, 0) is 14.4 Å². The van der Waals surface area contributed by atoms with Crippen molar-refractivity contribution < 1.29 is 34.8 Å². The predicted octanol–water partition coefficient (Wildman–Crippen LogP) is 4.60. The molecule has 1 unspecified atom stereocenters. The Labute approximate surface area is 280 Å². The number of hydrogen-bond donors (Lipinski definition) is 4. The summed E-state index contributed by atoms with van der Waals surface area (Å²) in [6, 6.07) is 0. The molecule has 0 saturated carbocycles. The van der Waals surface area contributed by atoms with E-state index in [9.17, 15) is 19.5 Å². The van der Waals surface area contributed by atoms with E-state index in [2.05, 4.69) is 6.92 Å². The van der Waals surface area contributed by atoms with Crippen molar-refractivity contribution in [3.05, 3.63) is 0 Å². The number of hydrogen-bond acceptors (Lipinski definition) is 4. The third kappa shape index (κ3) is 53.1. The fourth-order valence-corrected chi connectivity index (χ4v) is 3.75. The van der Waals surface area contributed by atoms with Gasteiger partial charge in [-0.3, -0.25) is 14.4 Å². The minimum absolute atomic E-state index is 0. The van der Waals surface area contributed by atoms with Crippen LogP contribution in [0.1, 0.15) is 148 Å². The first kappa shape index (κ1) is 51.5. The molecule has 7 nitrogen and oxygen atoms in total. The van der Waals surface area contributed by atoms with Gasteiger partial charge in [-0.1, -0.05) is 96.8 Å². The van der Waals surface area contributed by atoms with Gasteiger partial charge in [-0.25, -0.2) is 0 Å². The first-order valence-corrected chi connectivity index (χ1v) is 13.6. The molecular formula is C27H56Li4O7. The third-order valence-corrected chi connectivity index (χ3v) is 5.85. The van der Waals surface area contributed by atoms with Gasteiger partial charge in [-0.05, 0) is 32.1 Å². The van der Waals surface area contributed by atoms with Crippen molar-refractivity contribution in [3.8, 4) is 0 Å². The zero-order valence-corrected chi connectivity index (χ0v) is 21.6. The second-order valence-corrected chi connectivity index (χ2v) is 9.32. The fourth-order valence-electron chi connectivity index (χ4n) is 3.75. The Balaban J connectivity index is -0.000000133. The summed E-state index contributed by atoms with van der Waals surface area (Å²) < 4.78 is 0. The molecule has 0 aliphatic rings. The molecule has 0 fully saturated rings. The van der Waals surface area contributed by atoms with Gasteiger partial charge >= 0.3 is 93.4 Å². The van der Waals surface area contributed by atoms with E-state index in [0.29, 0.717) is 19.3 Å². The van der Waals surface area contributed by atoms with Crippen LogP contribution in [0.3, 0.4) is 0 Å². The number of carbonyl (C=O) groups is 3. The Morgan fingerprint density at radius 2 is 0.684 bits per heavy atom. The van der Waals surface area contributed by atoms with Crippen molar-refractivity contribution in [2.45, 2.75) is 154 Å². The number of rotatable bonds is 24. The van der Waals surface area contributed by atoms with Crippen LogP contribution in [0.5, 0.6) is 0 Å². The van der Waals surface area contributed by atoms with Crippen LogP contribution in [-0.4, -0.2) is 120 Å². The fraction of sp³-hybridized carbons (Fsp3) is 0.889. The van der Waals surface area contributed by atoms with Crippen molar-refractivity contribution in [2.24, 2.45) is 0 Å². The van der Waals surface area contributed by atoms with Crippen LogP contribution >= 0.6 is 0 Å². The first-order valence-electron chi connectivity index (χ1n) is 13.6. The number of aliphatic carboxylic acids is 3. The van der Waals surface area contributed by atoms with Crippen LogP contribution < -0.4 is 0 Å². The van der Waals surface area contributed by atoms with Crippen molar-refractivity contribution in [3.63, 3.8) is 0 Å². The molecule has 0 rings (SSSR count). The van der Waals surface area contributed by atoms with Crippen LogP contribution in [0.25, 0.3) is 0 Å². The maximum absolute atomic E-state index is 10.3. The standard InChI is InChI=1S/C18H36O3.C9H16O4.4Li.4H/c1-2-3-4-11-14-17(19)15-12-9-7-5-6-8-10-13-16-18(20)21;10-8(11)6-4-2-1-3-5-7-9(12)13;;;;;;;;/h17,19H,2-16H2,1H3,(H,20,21);1-7H2,(H,10,11)(H,12,13);;;;;;;;. The molecule has 38 heavy (non-hydrogen) atoms. The van der Waals surface area contributed by atoms with E-state index in [4.69, 9.17) is 15.3 Å². The van der Waals surface area contributed by atoms with Gasteiger partial charge in [0.25, 0.3) is 0 Å². The van der Waals surface area contributed by atoms with Crippen LogP contribution in [0.2, 0.25) is 0 Å². The van der Waals surface area contributed by atoms with Gasteiger partial charge in [0.15, 0.2) is 0 Å². The Morgan fingerprint density at radius 1 is 0.447 bits per heavy atom. The van der Waals surface area contributed by atoms with E-state index in [1.165, 1.54) is 51.4 Å². The Bertz CT molecular complexity index is 480. The summed E-state index contributed by atoms with van der Waals surface area (Å²) in [5.41, 5.74) is 0. The summed E-state index contributed by atoms with van der Waals surface area (Å²) >= 11 is 0. The summed E-state index contributed by atoms with van der Waals surface area (Å²) in [5, 5.41) is 35.0. The quantitative estimate of drug-likeness (QED) is 0.108. The summed E-state index contributed by atoms with van der Waals surface area (Å²) in [7, 11) is 0. The van der Waals surface area contributed by atoms with E-state index in [0.717, 1.165) is 57.8 Å². The van der Waals surface area contributed by atoms with E-state index in [-0.39, 0.29) is 94.4 Å². The summed E-state index contributed by atoms with van der Waals surface area (Å²) in [6.45, 7) is 2.21. The van der Waals surface area contributed by atoms with Gasteiger partial charge in [0, 0.05) is 19.3 Å². The van der Waals surface area contributed by atoms with Crippen LogP contribution in [0.4, 0.5) is 0 Å². The summed E-state index contributed by atoms with van der Waals surface area (Å²) in [6.07, 6.45) is 20.8. The second kappa shape index (κ2) is 42.2. The molecule has 210 valence electrons. The monoisotopic (exact) mass is 520 g/mol. The molecule has 0 saturated heterocycles. The molecule has 0 spiro atoms. The number of unbranched alkanes of at least 4 members (excludes halogenated alkanes) is 14. The molecule has 0 aromatic heterocycles. The minimum atomic E-state index is -0.759. The van der Waals surface area contributed by atoms with Crippen molar-refractivity contribution in [1.82, 2.24) is 0 Å². The average Bonchev–Trinajstić information content (AvgIpc) is 2.77. The van der Waals surface area contributed by atoms with E-state index in [1.807, 2.05) is 0 Å². The zero-order valence-electron chi connectivity index (χ0n) is 21.6. The molecule has 4 N–H and O–H groups in total. The molecule has 11 heteroatoms. The van der Waals surface area contributed by atoms with Gasteiger partial charge in [-0.2, -0.15) is 0 Å². The van der Waals surface area contributed by atoms with Crippen molar-refractivity contribution >= 4 is 93.4 Å². The van der Waals surface area contributed by atoms with Gasteiger partial charge < -0.3 is 20.4 Å². The van der Waals surface area contributed by atoms with Gasteiger partial charge in [0.05, 0.1) is 6.10 Å². The second-order valence-electron chi connectivity index (χ2n) is 9.32. The molecular weight excluding hydrogens is 464 g/mol. The summed E-state index contributed by atoms with van der Waals surface area (Å²) in [5.74, 6) is -2.20. The molecule has 0 amide bonds. The van der Waals surface area contributed by atoms with E-state index >= 15 is 0 Å².